The maximum absolute atomic E-state index is 13.0. The third-order valence-corrected chi connectivity index (χ3v) is 8.42. The summed E-state index contributed by atoms with van der Waals surface area (Å²) in [6, 6.07) is 6.31. The molecule has 10 heteroatoms. The van der Waals surface area contributed by atoms with Crippen molar-refractivity contribution >= 4 is 40.3 Å². The van der Waals surface area contributed by atoms with Gasteiger partial charge in [-0.25, -0.2) is 9.97 Å². The monoisotopic (exact) mass is 516 g/mol. The Balaban J connectivity index is 1.24. The molecule has 2 bridgehead atoms. The second-order valence-electron chi connectivity index (χ2n) is 11.3. The van der Waals surface area contributed by atoms with Crippen LogP contribution in [0.25, 0.3) is 11.0 Å². The summed E-state index contributed by atoms with van der Waals surface area (Å²) in [4.78, 5) is 45.8. The molecule has 3 aromatic rings. The van der Waals surface area contributed by atoms with Gasteiger partial charge in [0.05, 0.1) is 11.9 Å². The number of amides is 2. The fourth-order valence-corrected chi connectivity index (χ4v) is 6.35. The third kappa shape index (κ3) is 4.62. The molecule has 0 radical (unpaired) electrons. The van der Waals surface area contributed by atoms with Crippen molar-refractivity contribution in [3.63, 3.8) is 0 Å². The Bertz CT molecular complexity index is 1340. The van der Waals surface area contributed by atoms with Gasteiger partial charge < -0.3 is 24.6 Å². The fraction of sp³-hybridized carbons (Fsp3) is 0.536. The van der Waals surface area contributed by atoms with Gasteiger partial charge in [0, 0.05) is 57.3 Å². The average Bonchev–Trinajstić information content (AvgIpc) is 3.55. The van der Waals surface area contributed by atoms with Crippen LogP contribution in [0.1, 0.15) is 61.5 Å². The van der Waals surface area contributed by atoms with E-state index in [0.717, 1.165) is 68.3 Å². The largest absolute Gasteiger partial charge is 0.343 e. The maximum atomic E-state index is 13.0. The Hall–Kier alpha value is -3.53. The standard InChI is InChI=1S/C28H36N8O2/c1-33(2)27(38)23-12-19-14-30-28(32-26(19)36(23)20-6-4-5-7-20)31-24-11-10-22(15-29-24)35-17-18-8-9-21(13-25(35)37)34(3)16-18/h10-12,14-15,18,20-21H,4-9,13,16-17H2,1-3H3,(H,29,30,31,32)/t18-,21+/m1/s1. The highest BCUT2D eigenvalue weighted by atomic mass is 16.2. The number of nitrogens with one attached hydrogen (secondary N) is 1. The number of rotatable bonds is 5. The molecule has 2 atom stereocenters. The van der Waals surface area contributed by atoms with Crippen molar-refractivity contribution in [1.29, 1.82) is 0 Å². The van der Waals surface area contributed by atoms with Crippen molar-refractivity contribution in [2.75, 3.05) is 44.4 Å². The number of carbonyl (C=O) groups is 2. The van der Waals surface area contributed by atoms with Gasteiger partial charge >= 0.3 is 0 Å². The average molecular weight is 517 g/mol. The zero-order valence-electron chi connectivity index (χ0n) is 22.4. The van der Waals surface area contributed by atoms with Gasteiger partial charge in [-0.3, -0.25) is 9.59 Å². The maximum Gasteiger partial charge on any atom is 0.270 e. The van der Waals surface area contributed by atoms with E-state index in [1.807, 2.05) is 23.1 Å². The zero-order chi connectivity index (χ0) is 26.4. The summed E-state index contributed by atoms with van der Waals surface area (Å²) in [5.74, 6) is 1.66. The minimum Gasteiger partial charge on any atom is -0.343 e. The predicted octanol–water partition coefficient (Wildman–Crippen LogP) is 3.83. The summed E-state index contributed by atoms with van der Waals surface area (Å²) in [5.41, 5.74) is 2.25. The summed E-state index contributed by atoms with van der Waals surface area (Å²) in [7, 11) is 5.68. The topological polar surface area (TPSA) is 99.5 Å². The van der Waals surface area contributed by atoms with Crippen molar-refractivity contribution in [2.24, 2.45) is 5.92 Å². The number of fused-ring (bicyclic) bond motifs is 6. The number of pyridine rings is 1. The van der Waals surface area contributed by atoms with Crippen LogP contribution in [0, 0.1) is 5.92 Å². The molecular weight excluding hydrogens is 480 g/mol. The molecule has 7 rings (SSSR count). The Kier molecular flexibility index (Phi) is 6.51. The lowest BCUT2D eigenvalue weighted by Gasteiger charge is -2.42. The Morgan fingerprint density at radius 3 is 2.55 bits per heavy atom. The van der Waals surface area contributed by atoms with Crippen molar-refractivity contribution in [3.05, 3.63) is 36.3 Å². The van der Waals surface area contributed by atoms with Crippen molar-refractivity contribution < 1.29 is 9.59 Å². The summed E-state index contributed by atoms with van der Waals surface area (Å²) in [5, 5.41) is 4.07. The molecule has 0 spiro atoms. The van der Waals surface area contributed by atoms with Crippen LogP contribution in [0.5, 0.6) is 0 Å². The van der Waals surface area contributed by atoms with Crippen LogP contribution in [0.4, 0.5) is 17.5 Å². The zero-order valence-corrected chi connectivity index (χ0v) is 22.4. The van der Waals surface area contributed by atoms with E-state index in [0.29, 0.717) is 35.8 Å². The van der Waals surface area contributed by atoms with Crippen LogP contribution < -0.4 is 10.2 Å². The molecule has 6 heterocycles. The molecule has 0 aromatic carbocycles. The second-order valence-corrected chi connectivity index (χ2v) is 11.3. The molecule has 38 heavy (non-hydrogen) atoms. The van der Waals surface area contributed by atoms with Gasteiger partial charge in [0.2, 0.25) is 11.9 Å². The van der Waals surface area contributed by atoms with Crippen LogP contribution in [-0.2, 0) is 4.79 Å². The van der Waals surface area contributed by atoms with E-state index in [1.165, 1.54) is 0 Å². The lowest BCUT2D eigenvalue weighted by atomic mass is 9.88. The molecule has 0 unspecified atom stereocenters. The van der Waals surface area contributed by atoms with Crippen LogP contribution in [0.3, 0.4) is 0 Å². The molecule has 2 amide bonds. The van der Waals surface area contributed by atoms with E-state index < -0.39 is 0 Å². The quantitative estimate of drug-likeness (QED) is 0.550. The van der Waals surface area contributed by atoms with E-state index in [9.17, 15) is 9.59 Å². The van der Waals surface area contributed by atoms with E-state index in [4.69, 9.17) is 4.98 Å². The number of nitrogens with zero attached hydrogens (tertiary/aromatic N) is 7. The Morgan fingerprint density at radius 1 is 1.03 bits per heavy atom. The first-order valence-electron chi connectivity index (χ1n) is 13.7. The number of hydrogen-bond acceptors (Lipinski definition) is 7. The van der Waals surface area contributed by atoms with Gasteiger partial charge in [-0.1, -0.05) is 12.8 Å². The van der Waals surface area contributed by atoms with Gasteiger partial charge in [-0.15, -0.1) is 0 Å². The van der Waals surface area contributed by atoms with Gasteiger partial charge in [-0.05, 0) is 56.8 Å². The number of carbonyl (C=O) groups excluding carboxylic acids is 2. The molecule has 3 aliphatic heterocycles. The number of hydrogen-bond donors (Lipinski definition) is 1. The van der Waals surface area contributed by atoms with Crippen LogP contribution >= 0.6 is 0 Å². The first-order valence-corrected chi connectivity index (χ1v) is 13.7. The first kappa shape index (κ1) is 24.8. The highest BCUT2D eigenvalue weighted by molar-refractivity contribution is 5.98. The second kappa shape index (κ2) is 9.98. The molecule has 10 nitrogen and oxygen atoms in total. The molecule has 3 saturated heterocycles. The number of anilines is 3. The van der Waals surface area contributed by atoms with Crippen molar-refractivity contribution in [3.8, 4) is 0 Å². The summed E-state index contributed by atoms with van der Waals surface area (Å²) in [6.07, 6.45) is 10.7. The lowest BCUT2D eigenvalue weighted by molar-refractivity contribution is -0.121. The van der Waals surface area contributed by atoms with Gasteiger partial charge in [0.15, 0.2) is 0 Å². The van der Waals surface area contributed by atoms with E-state index in [2.05, 4.69) is 31.8 Å². The highest BCUT2D eigenvalue weighted by Crippen LogP contribution is 2.35. The minimum atomic E-state index is -0.0275. The fourth-order valence-electron chi connectivity index (χ4n) is 6.35. The summed E-state index contributed by atoms with van der Waals surface area (Å²) in [6.45, 7) is 1.77. The van der Waals surface area contributed by atoms with E-state index in [-0.39, 0.29) is 17.9 Å². The third-order valence-electron chi connectivity index (χ3n) is 8.42. The number of piperidine rings is 1. The molecule has 1 saturated carbocycles. The summed E-state index contributed by atoms with van der Waals surface area (Å²) >= 11 is 0. The van der Waals surface area contributed by atoms with Crippen molar-refractivity contribution in [2.45, 2.75) is 57.0 Å². The van der Waals surface area contributed by atoms with Crippen LogP contribution in [-0.4, -0.2) is 81.4 Å². The highest BCUT2D eigenvalue weighted by Gasteiger charge is 2.34. The molecule has 1 N–H and O–H groups in total. The Labute approximate surface area is 223 Å². The molecule has 1 aliphatic carbocycles. The van der Waals surface area contributed by atoms with E-state index in [1.54, 1.807) is 31.4 Å². The molecule has 4 fully saturated rings. The molecular formula is C28H36N8O2. The normalized spacial score (nSPS) is 22.6. The van der Waals surface area contributed by atoms with Crippen LogP contribution in [0.15, 0.2) is 30.6 Å². The van der Waals surface area contributed by atoms with Gasteiger partial charge in [0.25, 0.3) is 5.91 Å². The minimum absolute atomic E-state index is 0.0275. The molecule has 200 valence electrons. The number of aromatic nitrogens is 4. The van der Waals surface area contributed by atoms with Gasteiger partial charge in [-0.2, -0.15) is 4.98 Å². The Morgan fingerprint density at radius 2 is 1.84 bits per heavy atom. The van der Waals surface area contributed by atoms with E-state index >= 15 is 0 Å². The van der Waals surface area contributed by atoms with Gasteiger partial charge in [0.1, 0.15) is 17.2 Å². The molecule has 3 aromatic heterocycles. The molecule has 4 aliphatic rings. The predicted molar refractivity (Wildman–Crippen MR) is 147 cm³/mol. The van der Waals surface area contributed by atoms with Crippen molar-refractivity contribution in [1.82, 2.24) is 29.3 Å². The SMILES string of the molecule is CN(C)C(=O)c1cc2cnc(Nc3ccc(N4C[C@@H]5CC[C@@H](CC4=O)N(C)C5)cn3)nc2n1C1CCCC1. The smallest absolute Gasteiger partial charge is 0.270 e. The first-order chi connectivity index (χ1) is 18.4. The summed E-state index contributed by atoms with van der Waals surface area (Å²) < 4.78 is 2.10. The van der Waals surface area contributed by atoms with Crippen LogP contribution in [0.2, 0.25) is 0 Å². The lowest BCUT2D eigenvalue weighted by Crippen LogP contribution is -2.51.